The molecule has 0 spiro atoms. The Morgan fingerprint density at radius 3 is 0.792 bits per heavy atom. The molecule has 0 aliphatic carbocycles. The van der Waals surface area contributed by atoms with Gasteiger partial charge in [0.1, 0.15) is 0 Å². The van der Waals surface area contributed by atoms with Gasteiger partial charge in [0.15, 0.2) is 0 Å². The number of nitrogens with zero attached hydrogens (tertiary/aromatic N) is 4. The zero-order valence-corrected chi connectivity index (χ0v) is 30.5. The summed E-state index contributed by atoms with van der Waals surface area (Å²) in [7, 11) is 0. The van der Waals surface area contributed by atoms with Gasteiger partial charge >= 0.3 is 0 Å². The van der Waals surface area contributed by atoms with Gasteiger partial charge < -0.3 is 20.4 Å². The summed E-state index contributed by atoms with van der Waals surface area (Å²) in [6.07, 6.45) is 7.98. The molecule has 0 saturated heterocycles. The molecule has 4 atom stereocenters. The molecule has 0 bridgehead atoms. The lowest BCUT2D eigenvalue weighted by molar-refractivity contribution is 0.0500. The van der Waals surface area contributed by atoms with Crippen molar-refractivity contribution in [2.75, 3.05) is 46.0 Å². The Hall–Kier alpha value is -2.16. The van der Waals surface area contributed by atoms with E-state index in [1.54, 1.807) is 71.8 Å². The Morgan fingerprint density at radius 1 is 0.375 bits per heavy atom. The number of rotatable bonds is 22. The van der Waals surface area contributed by atoms with Gasteiger partial charge in [0, 0.05) is 70.6 Å². The van der Waals surface area contributed by atoms with Crippen LogP contribution in [-0.2, 0) is 25.7 Å². The molecule has 4 rings (SSSR count). The molecule has 260 valence electrons. The van der Waals surface area contributed by atoms with Crippen LogP contribution in [0.4, 0.5) is 0 Å². The topological polar surface area (TPSA) is 132 Å². The maximum Gasteiger partial charge on any atom is 0.0897 e. The second kappa shape index (κ2) is 25.8. The average molecular weight is 729 g/mol. The van der Waals surface area contributed by atoms with E-state index in [-0.39, 0.29) is 0 Å². The molecule has 0 unspecified atom stereocenters. The number of hydrogen-bond donors (Lipinski definition) is 4. The highest BCUT2D eigenvalue weighted by Crippen LogP contribution is 2.15. The van der Waals surface area contributed by atoms with Crippen LogP contribution in [0, 0.1) is 0 Å². The smallest absolute Gasteiger partial charge is 0.0897 e. The third-order valence-corrected chi connectivity index (χ3v) is 11.2. The predicted octanol–water partition coefficient (Wildman–Crippen LogP) is 4.90. The molecule has 4 aromatic rings. The fourth-order valence-corrected chi connectivity index (χ4v) is 8.09. The minimum absolute atomic E-state index is 0.550. The summed E-state index contributed by atoms with van der Waals surface area (Å²) in [5.74, 6) is 5.79. The van der Waals surface area contributed by atoms with Gasteiger partial charge in [0.25, 0.3) is 0 Å². The molecule has 48 heavy (non-hydrogen) atoms. The molecule has 4 heterocycles. The van der Waals surface area contributed by atoms with Gasteiger partial charge in [-0.1, -0.05) is 24.3 Å². The first-order chi connectivity index (χ1) is 23.5. The Labute approximate surface area is 302 Å². The standard InChI is InChI=1S/2C18H24N2O2S2/c2*21-17(13-23-11-7-15-5-1-3-9-19-15)18(22)14-24-12-8-16-6-2-4-10-20-16/h2*1-6,9-10,17-18,21-22H,7-8,11-14H2/t2*17-,18-/m10/s1. The first-order valence-electron chi connectivity index (χ1n) is 16.1. The van der Waals surface area contributed by atoms with Gasteiger partial charge in [0.2, 0.25) is 0 Å². The summed E-state index contributed by atoms with van der Waals surface area (Å²) >= 11 is 6.61. The highest BCUT2D eigenvalue weighted by atomic mass is 32.2. The van der Waals surface area contributed by atoms with Gasteiger partial charge in [-0.05, 0) is 97.2 Å². The highest BCUT2D eigenvalue weighted by Gasteiger charge is 2.17. The van der Waals surface area contributed by atoms with Crippen molar-refractivity contribution in [3.63, 3.8) is 0 Å². The fourth-order valence-electron chi connectivity index (χ4n) is 4.15. The molecule has 12 heteroatoms. The zero-order chi connectivity index (χ0) is 34.1. The van der Waals surface area contributed by atoms with Crippen molar-refractivity contribution >= 4 is 47.0 Å². The lowest BCUT2D eigenvalue weighted by Gasteiger charge is -2.17. The maximum absolute atomic E-state index is 10.0. The summed E-state index contributed by atoms with van der Waals surface area (Å²) in [5.41, 5.74) is 4.24. The van der Waals surface area contributed by atoms with E-state index in [0.717, 1.165) is 71.5 Å². The number of aryl methyl sites for hydroxylation is 4. The molecule has 0 aliphatic rings. The third kappa shape index (κ3) is 18.6. The first-order valence-corrected chi connectivity index (χ1v) is 20.8. The van der Waals surface area contributed by atoms with Crippen molar-refractivity contribution < 1.29 is 20.4 Å². The summed E-state index contributed by atoms with van der Waals surface area (Å²) in [6, 6.07) is 23.6. The van der Waals surface area contributed by atoms with Crippen LogP contribution in [-0.4, -0.2) is 111 Å². The van der Waals surface area contributed by atoms with Crippen molar-refractivity contribution in [3.05, 3.63) is 120 Å². The summed E-state index contributed by atoms with van der Waals surface area (Å²) in [6.45, 7) is 0. The monoisotopic (exact) mass is 728 g/mol. The molecule has 0 aliphatic heterocycles. The van der Waals surface area contributed by atoms with Crippen LogP contribution in [0.2, 0.25) is 0 Å². The van der Waals surface area contributed by atoms with Crippen LogP contribution in [0.15, 0.2) is 97.6 Å². The van der Waals surface area contributed by atoms with Gasteiger partial charge in [-0.25, -0.2) is 0 Å². The molecule has 0 saturated carbocycles. The summed E-state index contributed by atoms with van der Waals surface area (Å²) in [4.78, 5) is 17.1. The number of hydrogen-bond acceptors (Lipinski definition) is 12. The minimum Gasteiger partial charge on any atom is -0.390 e. The molecular formula is C36H48N4O4S4. The van der Waals surface area contributed by atoms with Gasteiger partial charge in [-0.3, -0.25) is 19.9 Å². The Balaban J connectivity index is 0.000000260. The van der Waals surface area contributed by atoms with E-state index in [4.69, 9.17) is 0 Å². The van der Waals surface area contributed by atoms with Crippen molar-refractivity contribution in [1.29, 1.82) is 0 Å². The Kier molecular flexibility index (Phi) is 21.6. The van der Waals surface area contributed by atoms with E-state index in [9.17, 15) is 20.4 Å². The van der Waals surface area contributed by atoms with Crippen LogP contribution >= 0.6 is 47.0 Å². The second-order valence-electron chi connectivity index (χ2n) is 10.9. The minimum atomic E-state index is -0.680. The molecule has 8 nitrogen and oxygen atoms in total. The van der Waals surface area contributed by atoms with E-state index < -0.39 is 24.4 Å². The van der Waals surface area contributed by atoms with E-state index >= 15 is 0 Å². The van der Waals surface area contributed by atoms with Crippen LogP contribution in [0.3, 0.4) is 0 Å². The molecule has 4 aromatic heterocycles. The van der Waals surface area contributed by atoms with Crippen molar-refractivity contribution in [3.8, 4) is 0 Å². The zero-order valence-electron chi connectivity index (χ0n) is 27.2. The largest absolute Gasteiger partial charge is 0.390 e. The highest BCUT2D eigenvalue weighted by molar-refractivity contribution is 8.00. The molecule has 0 radical (unpaired) electrons. The average Bonchev–Trinajstić information content (AvgIpc) is 3.14. The third-order valence-electron chi connectivity index (χ3n) is 6.96. The molecular weight excluding hydrogens is 681 g/mol. The number of thioether (sulfide) groups is 4. The number of aromatic nitrogens is 4. The number of aliphatic hydroxyl groups is 4. The summed E-state index contributed by atoms with van der Waals surface area (Å²) in [5, 5.41) is 40.1. The van der Waals surface area contributed by atoms with Crippen LogP contribution in [0.25, 0.3) is 0 Å². The summed E-state index contributed by atoms with van der Waals surface area (Å²) < 4.78 is 0. The predicted molar refractivity (Wildman–Crippen MR) is 205 cm³/mol. The van der Waals surface area contributed by atoms with Gasteiger partial charge in [0.05, 0.1) is 24.4 Å². The van der Waals surface area contributed by atoms with Crippen molar-refractivity contribution in [2.24, 2.45) is 0 Å². The molecule has 0 fully saturated rings. The number of aliphatic hydroxyl groups excluding tert-OH is 4. The second-order valence-corrected chi connectivity index (χ2v) is 15.5. The van der Waals surface area contributed by atoms with Crippen molar-refractivity contribution in [2.45, 2.75) is 50.1 Å². The first kappa shape index (κ1) is 40.3. The number of pyridine rings is 4. The van der Waals surface area contributed by atoms with E-state index in [1.165, 1.54) is 0 Å². The molecule has 0 amide bonds. The van der Waals surface area contributed by atoms with Crippen LogP contribution in [0.1, 0.15) is 22.8 Å². The Bertz CT molecular complexity index is 1110. The van der Waals surface area contributed by atoms with E-state index in [0.29, 0.717) is 23.0 Å². The van der Waals surface area contributed by atoms with Crippen molar-refractivity contribution in [1.82, 2.24) is 19.9 Å². The lowest BCUT2D eigenvalue weighted by atomic mass is 10.3. The van der Waals surface area contributed by atoms with E-state index in [1.807, 2.05) is 72.8 Å². The van der Waals surface area contributed by atoms with Gasteiger partial charge in [-0.15, -0.1) is 0 Å². The lowest BCUT2D eigenvalue weighted by Crippen LogP contribution is -2.30. The quantitative estimate of drug-likeness (QED) is 0.0822. The van der Waals surface area contributed by atoms with Crippen LogP contribution in [0.5, 0.6) is 0 Å². The SMILES string of the molecule is O[C@@H](CSCCc1ccccn1)[C@@H](O)CSCCc1ccccn1.O[C@H](CSCCc1ccccn1)[C@H](O)CSCCc1ccccn1. The fraction of sp³-hybridized carbons (Fsp3) is 0.444. The Morgan fingerprint density at radius 2 is 0.604 bits per heavy atom. The van der Waals surface area contributed by atoms with E-state index in [2.05, 4.69) is 19.9 Å². The molecule has 0 aromatic carbocycles. The maximum atomic E-state index is 10.0. The van der Waals surface area contributed by atoms with Gasteiger partial charge in [-0.2, -0.15) is 47.0 Å². The normalized spacial score (nSPS) is 13.6. The van der Waals surface area contributed by atoms with Crippen LogP contribution < -0.4 is 0 Å². The molecule has 4 N–H and O–H groups in total.